The molecule has 110 valence electrons. The molecule has 0 aromatic heterocycles. The Morgan fingerprint density at radius 2 is 2.00 bits per heavy atom. The summed E-state index contributed by atoms with van der Waals surface area (Å²) in [4.78, 5) is 12.7. The van der Waals surface area contributed by atoms with Gasteiger partial charge in [-0.3, -0.25) is 0 Å². The predicted octanol–water partition coefficient (Wildman–Crippen LogP) is 2.96. The molecular formula is C15H15FN2O3. The van der Waals surface area contributed by atoms with Crippen molar-refractivity contribution in [3.63, 3.8) is 0 Å². The van der Waals surface area contributed by atoms with E-state index in [1.54, 1.807) is 18.2 Å². The lowest BCUT2D eigenvalue weighted by Gasteiger charge is -2.15. The molecule has 0 saturated carbocycles. The Hall–Kier alpha value is -2.76. The second-order valence-electron chi connectivity index (χ2n) is 4.67. The molecular weight excluding hydrogens is 275 g/mol. The van der Waals surface area contributed by atoms with Gasteiger partial charge in [0.1, 0.15) is 11.6 Å². The molecule has 0 spiro atoms. The summed E-state index contributed by atoms with van der Waals surface area (Å²) in [5.74, 6) is -1.71. The summed E-state index contributed by atoms with van der Waals surface area (Å²) in [5, 5.41) is 8.83. The summed E-state index contributed by atoms with van der Waals surface area (Å²) in [5.41, 5.74) is 6.19. The Bertz CT molecular complexity index is 687. The lowest BCUT2D eigenvalue weighted by atomic mass is 10.1. The van der Waals surface area contributed by atoms with Crippen LogP contribution in [0.25, 0.3) is 0 Å². The van der Waals surface area contributed by atoms with Gasteiger partial charge < -0.3 is 20.5 Å². The molecule has 0 radical (unpaired) electrons. The quantitative estimate of drug-likeness (QED) is 0.847. The number of carbonyl (C=O) groups is 1. The van der Waals surface area contributed by atoms with Gasteiger partial charge in [-0.25, -0.2) is 9.18 Å². The zero-order valence-corrected chi connectivity index (χ0v) is 11.6. The number of anilines is 2. The second kappa shape index (κ2) is 5.70. The highest BCUT2D eigenvalue weighted by atomic mass is 19.1. The number of rotatable bonds is 4. The van der Waals surface area contributed by atoms with Crippen molar-refractivity contribution < 1.29 is 19.0 Å². The van der Waals surface area contributed by atoms with Crippen LogP contribution < -0.4 is 15.4 Å². The highest BCUT2D eigenvalue weighted by molar-refractivity contribution is 5.89. The fourth-order valence-corrected chi connectivity index (χ4v) is 1.78. The van der Waals surface area contributed by atoms with E-state index in [-0.39, 0.29) is 11.4 Å². The summed E-state index contributed by atoms with van der Waals surface area (Å²) in [7, 11) is 3.77. The Balaban J connectivity index is 2.34. The van der Waals surface area contributed by atoms with Gasteiger partial charge in [-0.05, 0) is 18.2 Å². The molecule has 0 amide bonds. The third-order valence-electron chi connectivity index (χ3n) is 2.89. The number of benzene rings is 2. The van der Waals surface area contributed by atoms with Crippen LogP contribution in [0, 0.1) is 5.82 Å². The first kappa shape index (κ1) is 14.6. The lowest BCUT2D eigenvalue weighted by Crippen LogP contribution is -2.08. The number of hydrogen-bond donors (Lipinski definition) is 2. The van der Waals surface area contributed by atoms with Gasteiger partial charge in [0, 0.05) is 31.9 Å². The molecule has 5 nitrogen and oxygen atoms in total. The summed E-state index contributed by atoms with van der Waals surface area (Å²) < 4.78 is 19.2. The van der Waals surface area contributed by atoms with E-state index >= 15 is 0 Å². The summed E-state index contributed by atoms with van der Waals surface area (Å²) in [6, 6.07) is 9.18. The molecule has 2 rings (SSSR count). The minimum Gasteiger partial charge on any atom is -0.478 e. The SMILES string of the molecule is CN(C)c1cccc(Oc2cc(F)c(C(=O)O)cc2N)c1. The van der Waals surface area contributed by atoms with Gasteiger partial charge in [-0.15, -0.1) is 0 Å². The van der Waals surface area contributed by atoms with E-state index in [0.717, 1.165) is 17.8 Å². The van der Waals surface area contributed by atoms with Gasteiger partial charge in [0.25, 0.3) is 0 Å². The van der Waals surface area contributed by atoms with Gasteiger partial charge in [0.05, 0.1) is 11.3 Å². The van der Waals surface area contributed by atoms with Crippen molar-refractivity contribution in [2.24, 2.45) is 0 Å². The van der Waals surface area contributed by atoms with Crippen LogP contribution in [0.5, 0.6) is 11.5 Å². The molecule has 0 atom stereocenters. The van der Waals surface area contributed by atoms with Gasteiger partial charge in [0.2, 0.25) is 0 Å². The summed E-state index contributed by atoms with van der Waals surface area (Å²) in [6.45, 7) is 0. The van der Waals surface area contributed by atoms with Crippen molar-refractivity contribution in [3.05, 3.63) is 47.8 Å². The van der Waals surface area contributed by atoms with E-state index in [2.05, 4.69) is 0 Å². The van der Waals surface area contributed by atoms with Crippen molar-refractivity contribution in [1.29, 1.82) is 0 Å². The van der Waals surface area contributed by atoms with Crippen molar-refractivity contribution in [2.45, 2.75) is 0 Å². The molecule has 2 aromatic carbocycles. The number of nitrogens with two attached hydrogens (primary N) is 1. The third-order valence-corrected chi connectivity index (χ3v) is 2.89. The number of halogens is 1. The first-order valence-corrected chi connectivity index (χ1v) is 6.16. The fraction of sp³-hybridized carbons (Fsp3) is 0.133. The molecule has 0 bridgehead atoms. The average molecular weight is 290 g/mol. The molecule has 0 saturated heterocycles. The van der Waals surface area contributed by atoms with Gasteiger partial charge >= 0.3 is 5.97 Å². The van der Waals surface area contributed by atoms with Crippen LogP contribution in [0.4, 0.5) is 15.8 Å². The highest BCUT2D eigenvalue weighted by Gasteiger charge is 2.15. The van der Waals surface area contributed by atoms with Crippen molar-refractivity contribution in [3.8, 4) is 11.5 Å². The smallest absolute Gasteiger partial charge is 0.338 e. The molecule has 2 aromatic rings. The monoisotopic (exact) mass is 290 g/mol. The second-order valence-corrected chi connectivity index (χ2v) is 4.67. The molecule has 6 heteroatoms. The molecule has 0 aliphatic carbocycles. The summed E-state index contributed by atoms with van der Waals surface area (Å²) >= 11 is 0. The Labute approximate surface area is 121 Å². The molecule has 21 heavy (non-hydrogen) atoms. The van der Waals surface area contributed by atoms with E-state index < -0.39 is 17.3 Å². The Morgan fingerprint density at radius 3 is 2.62 bits per heavy atom. The van der Waals surface area contributed by atoms with E-state index in [9.17, 15) is 9.18 Å². The molecule has 0 aliphatic heterocycles. The maximum atomic E-state index is 13.7. The van der Waals surface area contributed by atoms with Crippen LogP contribution >= 0.6 is 0 Å². The number of ether oxygens (including phenoxy) is 1. The van der Waals surface area contributed by atoms with Crippen molar-refractivity contribution in [1.82, 2.24) is 0 Å². The first-order chi connectivity index (χ1) is 9.88. The largest absolute Gasteiger partial charge is 0.478 e. The minimum absolute atomic E-state index is 0.0593. The molecule has 0 aliphatic rings. The topological polar surface area (TPSA) is 75.8 Å². The molecule has 0 heterocycles. The lowest BCUT2D eigenvalue weighted by molar-refractivity contribution is 0.0692. The number of nitrogen functional groups attached to an aromatic ring is 1. The average Bonchev–Trinajstić information content (AvgIpc) is 2.42. The van der Waals surface area contributed by atoms with Gasteiger partial charge in [-0.1, -0.05) is 6.07 Å². The summed E-state index contributed by atoms with van der Waals surface area (Å²) in [6.07, 6.45) is 0. The van der Waals surface area contributed by atoms with Crippen LogP contribution in [-0.4, -0.2) is 25.2 Å². The molecule has 3 N–H and O–H groups in total. The maximum Gasteiger partial charge on any atom is 0.338 e. The van der Waals surface area contributed by atoms with Crippen LogP contribution in [0.1, 0.15) is 10.4 Å². The first-order valence-electron chi connectivity index (χ1n) is 6.16. The number of carboxylic acid groups (broad SMARTS) is 1. The fourth-order valence-electron chi connectivity index (χ4n) is 1.78. The number of nitrogens with zero attached hydrogens (tertiary/aromatic N) is 1. The standard InChI is InChI=1S/C15H15FN2O3/c1-18(2)9-4-3-5-10(6-9)21-14-8-12(16)11(15(19)20)7-13(14)17/h3-8H,17H2,1-2H3,(H,19,20). The van der Waals surface area contributed by atoms with Crippen molar-refractivity contribution in [2.75, 3.05) is 24.7 Å². The molecule has 0 unspecified atom stereocenters. The van der Waals surface area contributed by atoms with E-state index in [1.807, 2.05) is 25.1 Å². The maximum absolute atomic E-state index is 13.7. The zero-order chi connectivity index (χ0) is 15.6. The minimum atomic E-state index is -1.37. The van der Waals surface area contributed by atoms with Crippen LogP contribution in [0.15, 0.2) is 36.4 Å². The zero-order valence-electron chi connectivity index (χ0n) is 11.6. The van der Waals surface area contributed by atoms with Crippen LogP contribution in [0.2, 0.25) is 0 Å². The Kier molecular flexibility index (Phi) is 3.98. The number of aromatic carboxylic acids is 1. The molecule has 0 fully saturated rings. The van der Waals surface area contributed by atoms with E-state index in [0.29, 0.717) is 5.75 Å². The van der Waals surface area contributed by atoms with Crippen LogP contribution in [-0.2, 0) is 0 Å². The van der Waals surface area contributed by atoms with E-state index in [1.165, 1.54) is 0 Å². The Morgan fingerprint density at radius 1 is 1.29 bits per heavy atom. The third kappa shape index (κ3) is 3.22. The normalized spacial score (nSPS) is 10.2. The number of hydrogen-bond acceptors (Lipinski definition) is 4. The van der Waals surface area contributed by atoms with E-state index in [4.69, 9.17) is 15.6 Å². The number of carboxylic acids is 1. The van der Waals surface area contributed by atoms with Gasteiger partial charge in [-0.2, -0.15) is 0 Å². The predicted molar refractivity (Wildman–Crippen MR) is 78.6 cm³/mol. The van der Waals surface area contributed by atoms with Gasteiger partial charge in [0.15, 0.2) is 5.75 Å². The highest BCUT2D eigenvalue weighted by Crippen LogP contribution is 2.31. The van der Waals surface area contributed by atoms with Crippen molar-refractivity contribution >= 4 is 17.3 Å². The van der Waals surface area contributed by atoms with Crippen LogP contribution in [0.3, 0.4) is 0 Å².